The molecule has 0 radical (unpaired) electrons. The third-order valence-corrected chi connectivity index (χ3v) is 3.79. The molecule has 1 aliphatic rings. The Balaban J connectivity index is 2.15. The first kappa shape index (κ1) is 15.4. The van der Waals surface area contributed by atoms with Crippen molar-refractivity contribution >= 4 is 17.7 Å². The van der Waals surface area contributed by atoms with Crippen LogP contribution in [0.2, 0.25) is 0 Å². The minimum atomic E-state index is -0.940. The van der Waals surface area contributed by atoms with Crippen LogP contribution in [0, 0.1) is 0 Å². The van der Waals surface area contributed by atoms with Crippen molar-refractivity contribution in [2.45, 2.75) is 45.6 Å². The standard InChI is InChI=1S/C16H22N2O3/c1-4-8-16(2,3)17-15(21)18-9-7-11-10-12(14(19)20)5-6-13(11)18/h5-6,10H,4,7-9H2,1-3H3,(H,17,21)(H,19,20). The number of nitrogens with zero attached hydrogens (tertiary/aromatic N) is 1. The van der Waals surface area contributed by atoms with Crippen molar-refractivity contribution in [2.24, 2.45) is 0 Å². The van der Waals surface area contributed by atoms with Gasteiger partial charge in [0.15, 0.2) is 0 Å². The quantitative estimate of drug-likeness (QED) is 0.895. The number of amides is 2. The molecule has 0 atom stereocenters. The van der Waals surface area contributed by atoms with Gasteiger partial charge in [-0.2, -0.15) is 0 Å². The molecule has 114 valence electrons. The molecule has 0 bridgehead atoms. The summed E-state index contributed by atoms with van der Waals surface area (Å²) in [6.07, 6.45) is 2.61. The van der Waals surface area contributed by atoms with Gasteiger partial charge < -0.3 is 10.4 Å². The van der Waals surface area contributed by atoms with E-state index in [-0.39, 0.29) is 17.1 Å². The van der Waals surface area contributed by atoms with E-state index in [1.165, 1.54) is 0 Å². The zero-order valence-corrected chi connectivity index (χ0v) is 12.8. The van der Waals surface area contributed by atoms with Gasteiger partial charge in [-0.15, -0.1) is 0 Å². The Morgan fingerprint density at radius 3 is 2.71 bits per heavy atom. The lowest BCUT2D eigenvalue weighted by atomic mass is 9.99. The molecule has 0 aromatic heterocycles. The van der Waals surface area contributed by atoms with Gasteiger partial charge >= 0.3 is 12.0 Å². The minimum absolute atomic E-state index is 0.115. The number of urea groups is 1. The average molecular weight is 290 g/mol. The van der Waals surface area contributed by atoms with Crippen molar-refractivity contribution in [1.82, 2.24) is 5.32 Å². The Kier molecular flexibility index (Phi) is 4.21. The molecular weight excluding hydrogens is 268 g/mol. The largest absolute Gasteiger partial charge is 0.478 e. The Labute approximate surface area is 125 Å². The van der Waals surface area contributed by atoms with Crippen LogP contribution < -0.4 is 10.2 Å². The predicted octanol–water partition coefficient (Wildman–Crippen LogP) is 3.04. The van der Waals surface area contributed by atoms with E-state index in [2.05, 4.69) is 12.2 Å². The molecule has 2 N–H and O–H groups in total. The molecule has 5 heteroatoms. The number of fused-ring (bicyclic) bond motifs is 1. The first-order chi connectivity index (χ1) is 9.84. The number of benzene rings is 1. The van der Waals surface area contributed by atoms with Crippen LogP contribution in [0.4, 0.5) is 10.5 Å². The number of anilines is 1. The van der Waals surface area contributed by atoms with Crippen molar-refractivity contribution < 1.29 is 14.7 Å². The van der Waals surface area contributed by atoms with Crippen LogP contribution in [0.5, 0.6) is 0 Å². The molecule has 1 aromatic rings. The summed E-state index contributed by atoms with van der Waals surface area (Å²) in [4.78, 5) is 25.1. The number of carbonyl (C=O) groups is 2. The maximum absolute atomic E-state index is 12.4. The first-order valence-electron chi connectivity index (χ1n) is 7.30. The van der Waals surface area contributed by atoms with Crippen LogP contribution >= 0.6 is 0 Å². The molecular formula is C16H22N2O3. The number of aromatic carboxylic acids is 1. The lowest BCUT2D eigenvalue weighted by Crippen LogP contribution is -2.49. The molecule has 0 spiro atoms. The summed E-state index contributed by atoms with van der Waals surface area (Å²) in [6.45, 7) is 6.71. The van der Waals surface area contributed by atoms with Crippen LogP contribution in [0.1, 0.15) is 49.5 Å². The molecule has 0 saturated heterocycles. The number of carbonyl (C=O) groups excluding carboxylic acids is 1. The molecule has 0 saturated carbocycles. The number of nitrogens with one attached hydrogen (secondary N) is 1. The summed E-state index contributed by atoms with van der Waals surface area (Å²) in [5.74, 6) is -0.940. The molecule has 2 rings (SSSR count). The zero-order valence-electron chi connectivity index (χ0n) is 12.8. The minimum Gasteiger partial charge on any atom is -0.478 e. The third kappa shape index (κ3) is 3.35. The van der Waals surface area contributed by atoms with Crippen molar-refractivity contribution in [3.8, 4) is 0 Å². The van der Waals surface area contributed by atoms with Gasteiger partial charge in [0.1, 0.15) is 0 Å². The Hall–Kier alpha value is -2.04. The molecule has 21 heavy (non-hydrogen) atoms. The van der Waals surface area contributed by atoms with Gasteiger partial charge in [0.2, 0.25) is 0 Å². The average Bonchev–Trinajstić information content (AvgIpc) is 2.80. The van der Waals surface area contributed by atoms with Crippen molar-refractivity contribution in [3.05, 3.63) is 29.3 Å². The van der Waals surface area contributed by atoms with E-state index in [4.69, 9.17) is 5.11 Å². The molecule has 5 nitrogen and oxygen atoms in total. The van der Waals surface area contributed by atoms with Gasteiger partial charge in [-0.1, -0.05) is 13.3 Å². The fourth-order valence-corrected chi connectivity index (χ4v) is 2.79. The molecule has 1 heterocycles. The highest BCUT2D eigenvalue weighted by atomic mass is 16.4. The second kappa shape index (κ2) is 5.76. The summed E-state index contributed by atoms with van der Waals surface area (Å²) < 4.78 is 0. The van der Waals surface area contributed by atoms with E-state index in [9.17, 15) is 9.59 Å². The monoisotopic (exact) mass is 290 g/mol. The van der Waals surface area contributed by atoms with Gasteiger partial charge in [-0.3, -0.25) is 4.90 Å². The second-order valence-electron chi connectivity index (χ2n) is 6.11. The summed E-state index contributed by atoms with van der Waals surface area (Å²) in [7, 11) is 0. The highest BCUT2D eigenvalue weighted by Gasteiger charge is 2.28. The van der Waals surface area contributed by atoms with E-state index in [0.29, 0.717) is 13.0 Å². The Bertz CT molecular complexity index is 567. The summed E-state index contributed by atoms with van der Waals surface area (Å²) in [5, 5.41) is 12.1. The normalized spacial score (nSPS) is 14.0. The van der Waals surface area contributed by atoms with Crippen molar-refractivity contribution in [3.63, 3.8) is 0 Å². The number of hydrogen-bond donors (Lipinski definition) is 2. The smallest absolute Gasteiger partial charge is 0.335 e. The fraction of sp³-hybridized carbons (Fsp3) is 0.500. The van der Waals surface area contributed by atoms with E-state index >= 15 is 0 Å². The predicted molar refractivity (Wildman–Crippen MR) is 82.0 cm³/mol. The summed E-state index contributed by atoms with van der Waals surface area (Å²) >= 11 is 0. The zero-order chi connectivity index (χ0) is 15.6. The number of carboxylic acid groups (broad SMARTS) is 1. The highest BCUT2D eigenvalue weighted by Crippen LogP contribution is 2.29. The lowest BCUT2D eigenvalue weighted by Gasteiger charge is -2.29. The second-order valence-corrected chi connectivity index (χ2v) is 6.11. The summed E-state index contributed by atoms with van der Waals surface area (Å²) in [5.41, 5.74) is 1.75. The molecule has 1 aromatic carbocycles. The summed E-state index contributed by atoms with van der Waals surface area (Å²) in [6, 6.07) is 4.81. The Morgan fingerprint density at radius 2 is 2.10 bits per heavy atom. The van der Waals surface area contributed by atoms with Crippen molar-refractivity contribution in [2.75, 3.05) is 11.4 Å². The topological polar surface area (TPSA) is 69.6 Å². The van der Waals surface area contributed by atoms with Gasteiger partial charge in [-0.05, 0) is 50.5 Å². The molecule has 1 aliphatic heterocycles. The van der Waals surface area contributed by atoms with Gasteiger partial charge in [0.25, 0.3) is 0 Å². The number of hydrogen-bond acceptors (Lipinski definition) is 2. The molecule has 0 fully saturated rings. The first-order valence-corrected chi connectivity index (χ1v) is 7.30. The van der Waals surface area contributed by atoms with Gasteiger partial charge in [0, 0.05) is 17.8 Å². The van der Waals surface area contributed by atoms with Crippen LogP contribution in [-0.2, 0) is 6.42 Å². The molecule has 0 aliphatic carbocycles. The fourth-order valence-electron chi connectivity index (χ4n) is 2.79. The van der Waals surface area contributed by atoms with Crippen molar-refractivity contribution in [1.29, 1.82) is 0 Å². The Morgan fingerprint density at radius 1 is 1.38 bits per heavy atom. The van der Waals surface area contributed by atoms with E-state index < -0.39 is 5.97 Å². The maximum atomic E-state index is 12.4. The van der Waals surface area contributed by atoms with Crippen LogP contribution in [-0.4, -0.2) is 29.2 Å². The molecule has 2 amide bonds. The van der Waals surface area contributed by atoms with E-state index in [1.54, 1.807) is 23.1 Å². The third-order valence-electron chi connectivity index (χ3n) is 3.79. The SMILES string of the molecule is CCCC(C)(C)NC(=O)N1CCc2cc(C(=O)O)ccc21. The van der Waals surface area contributed by atoms with Crippen LogP contribution in [0.25, 0.3) is 0 Å². The number of rotatable bonds is 4. The van der Waals surface area contributed by atoms with E-state index in [0.717, 1.165) is 24.1 Å². The highest BCUT2D eigenvalue weighted by molar-refractivity contribution is 5.96. The lowest BCUT2D eigenvalue weighted by molar-refractivity contribution is 0.0697. The molecule has 0 unspecified atom stereocenters. The van der Waals surface area contributed by atoms with Gasteiger partial charge in [-0.25, -0.2) is 9.59 Å². The van der Waals surface area contributed by atoms with E-state index in [1.807, 2.05) is 13.8 Å². The van der Waals surface area contributed by atoms with Gasteiger partial charge in [0.05, 0.1) is 5.56 Å². The number of carboxylic acids is 1. The van der Waals surface area contributed by atoms with Crippen LogP contribution in [0.15, 0.2) is 18.2 Å². The van der Waals surface area contributed by atoms with Crippen LogP contribution in [0.3, 0.4) is 0 Å². The maximum Gasteiger partial charge on any atom is 0.335 e.